The second-order valence-corrected chi connectivity index (χ2v) is 4.60. The third-order valence-corrected chi connectivity index (χ3v) is 2.98. The van der Waals surface area contributed by atoms with Crippen LogP contribution >= 0.6 is 11.8 Å². The molecule has 6 heteroatoms. The smallest absolute Gasteiger partial charge is 0.321 e. The van der Waals surface area contributed by atoms with Crippen molar-refractivity contribution in [2.24, 2.45) is 0 Å². The predicted octanol–water partition coefficient (Wildman–Crippen LogP) is 2.15. The van der Waals surface area contributed by atoms with Crippen LogP contribution in [0.4, 0.5) is 9.18 Å². The topological polar surface area (TPSA) is 58.2 Å². The molecule has 4 nitrogen and oxygen atoms in total. The van der Waals surface area contributed by atoms with E-state index in [9.17, 15) is 14.0 Å². The molecule has 0 saturated heterocycles. The summed E-state index contributed by atoms with van der Waals surface area (Å²) in [6.07, 6.45) is 0.811. The van der Waals surface area contributed by atoms with Crippen molar-refractivity contribution in [3.63, 3.8) is 0 Å². The Kier molecular flexibility index (Phi) is 6.21. The first-order chi connectivity index (χ1) is 8.61. The minimum absolute atomic E-state index is 0.116. The molecule has 0 aliphatic carbocycles. The van der Waals surface area contributed by atoms with E-state index in [1.807, 2.05) is 6.92 Å². The van der Waals surface area contributed by atoms with Crippen LogP contribution in [0, 0.1) is 5.82 Å². The van der Waals surface area contributed by atoms with Crippen molar-refractivity contribution in [2.45, 2.75) is 18.2 Å². The highest BCUT2D eigenvalue weighted by Gasteiger charge is 2.07. The molecule has 0 aliphatic heterocycles. The van der Waals surface area contributed by atoms with Crippen LogP contribution < -0.4 is 10.6 Å². The lowest BCUT2D eigenvalue weighted by molar-refractivity contribution is -0.117. The van der Waals surface area contributed by atoms with E-state index in [4.69, 9.17) is 0 Å². The van der Waals surface area contributed by atoms with Crippen LogP contribution in [-0.4, -0.2) is 24.2 Å². The van der Waals surface area contributed by atoms with Gasteiger partial charge in [-0.2, -0.15) is 0 Å². The number of hydrogen-bond acceptors (Lipinski definition) is 3. The Bertz CT molecular complexity index is 409. The number of halogens is 1. The number of rotatable bonds is 5. The molecule has 0 radical (unpaired) electrons. The molecule has 1 aromatic rings. The normalized spacial score (nSPS) is 9.89. The molecule has 0 fully saturated rings. The van der Waals surface area contributed by atoms with Crippen LogP contribution in [0.1, 0.15) is 13.3 Å². The zero-order valence-electron chi connectivity index (χ0n) is 10.0. The fraction of sp³-hybridized carbons (Fsp3) is 0.333. The van der Waals surface area contributed by atoms with Crippen LogP contribution in [0.3, 0.4) is 0 Å². The average molecular weight is 270 g/mol. The summed E-state index contributed by atoms with van der Waals surface area (Å²) >= 11 is 1.24. The minimum Gasteiger partial charge on any atom is -0.338 e. The first-order valence-corrected chi connectivity index (χ1v) is 6.56. The summed E-state index contributed by atoms with van der Waals surface area (Å²) in [6, 6.07) is 5.35. The number of nitrogens with one attached hydrogen (secondary N) is 2. The first-order valence-electron chi connectivity index (χ1n) is 5.58. The average Bonchev–Trinajstić information content (AvgIpc) is 2.35. The summed E-state index contributed by atoms with van der Waals surface area (Å²) < 4.78 is 12.6. The summed E-state index contributed by atoms with van der Waals surface area (Å²) in [5, 5.41) is 4.75. The first kappa shape index (κ1) is 14.5. The molecule has 2 N–H and O–H groups in total. The van der Waals surface area contributed by atoms with Gasteiger partial charge in [0.25, 0.3) is 0 Å². The Morgan fingerprint density at radius 2 is 1.94 bits per heavy atom. The lowest BCUT2D eigenvalue weighted by Crippen LogP contribution is -2.40. The van der Waals surface area contributed by atoms with Crippen molar-refractivity contribution in [1.29, 1.82) is 0 Å². The molecule has 0 aromatic heterocycles. The van der Waals surface area contributed by atoms with Gasteiger partial charge < -0.3 is 5.32 Å². The van der Waals surface area contributed by atoms with Crippen LogP contribution in [0.5, 0.6) is 0 Å². The number of carbonyl (C=O) groups is 2. The Hall–Kier alpha value is -1.56. The lowest BCUT2D eigenvalue weighted by Gasteiger charge is -2.05. The van der Waals surface area contributed by atoms with Gasteiger partial charge in [-0.3, -0.25) is 10.1 Å². The van der Waals surface area contributed by atoms with Gasteiger partial charge in [0.15, 0.2) is 0 Å². The van der Waals surface area contributed by atoms with E-state index in [1.54, 1.807) is 12.1 Å². The van der Waals surface area contributed by atoms with Gasteiger partial charge in [-0.15, -0.1) is 11.8 Å². The van der Waals surface area contributed by atoms with Crippen molar-refractivity contribution >= 4 is 23.7 Å². The van der Waals surface area contributed by atoms with Gasteiger partial charge in [-0.25, -0.2) is 9.18 Å². The molecule has 0 unspecified atom stereocenters. The molecule has 3 amide bonds. The molecule has 0 saturated carbocycles. The Morgan fingerprint density at radius 3 is 2.56 bits per heavy atom. The van der Waals surface area contributed by atoms with Crippen LogP contribution in [-0.2, 0) is 4.79 Å². The second-order valence-electron chi connectivity index (χ2n) is 3.55. The second kappa shape index (κ2) is 7.71. The lowest BCUT2D eigenvalue weighted by atomic mass is 10.4. The summed E-state index contributed by atoms with van der Waals surface area (Å²) in [5.74, 6) is -0.578. The van der Waals surface area contributed by atoms with Crippen LogP contribution in [0.2, 0.25) is 0 Å². The number of benzene rings is 1. The molecule has 0 bridgehead atoms. The number of urea groups is 1. The van der Waals surface area contributed by atoms with E-state index in [0.29, 0.717) is 6.54 Å². The van der Waals surface area contributed by atoms with Gasteiger partial charge in [-0.1, -0.05) is 6.92 Å². The largest absolute Gasteiger partial charge is 0.338 e. The highest BCUT2D eigenvalue weighted by molar-refractivity contribution is 8.00. The van der Waals surface area contributed by atoms with Gasteiger partial charge in [0.05, 0.1) is 5.75 Å². The summed E-state index contributed by atoms with van der Waals surface area (Å²) in [4.78, 5) is 23.3. The van der Waals surface area contributed by atoms with E-state index in [-0.39, 0.29) is 17.5 Å². The Balaban J connectivity index is 2.28. The number of carbonyl (C=O) groups excluding carboxylic acids is 2. The monoisotopic (exact) mass is 270 g/mol. The van der Waals surface area contributed by atoms with Gasteiger partial charge in [0.2, 0.25) is 5.91 Å². The van der Waals surface area contributed by atoms with Gasteiger partial charge >= 0.3 is 6.03 Å². The van der Waals surface area contributed by atoms with Crippen LogP contribution in [0.25, 0.3) is 0 Å². The Morgan fingerprint density at radius 1 is 1.28 bits per heavy atom. The molecule has 0 heterocycles. The Labute approximate surface area is 109 Å². The van der Waals surface area contributed by atoms with E-state index < -0.39 is 6.03 Å². The summed E-state index contributed by atoms with van der Waals surface area (Å²) in [6.45, 7) is 2.46. The maximum atomic E-state index is 12.6. The summed E-state index contributed by atoms with van der Waals surface area (Å²) in [7, 11) is 0. The fourth-order valence-electron chi connectivity index (χ4n) is 1.13. The molecule has 1 rings (SSSR count). The van der Waals surface area contributed by atoms with Crippen molar-refractivity contribution in [1.82, 2.24) is 10.6 Å². The number of imide groups is 1. The highest BCUT2D eigenvalue weighted by Crippen LogP contribution is 2.17. The number of amides is 3. The molecule has 1 aromatic carbocycles. The quantitative estimate of drug-likeness (QED) is 0.806. The predicted molar refractivity (Wildman–Crippen MR) is 69.0 cm³/mol. The fourth-order valence-corrected chi connectivity index (χ4v) is 1.82. The maximum absolute atomic E-state index is 12.6. The maximum Gasteiger partial charge on any atom is 0.321 e. The summed E-state index contributed by atoms with van der Waals surface area (Å²) in [5.41, 5.74) is 0. The SMILES string of the molecule is CCCNC(=O)NC(=O)CSc1ccc(F)cc1. The molecule has 98 valence electrons. The van der Waals surface area contributed by atoms with E-state index in [0.717, 1.165) is 11.3 Å². The van der Waals surface area contributed by atoms with Gasteiger partial charge in [0.1, 0.15) is 5.82 Å². The molecular weight excluding hydrogens is 255 g/mol. The van der Waals surface area contributed by atoms with E-state index >= 15 is 0 Å². The van der Waals surface area contributed by atoms with Crippen molar-refractivity contribution in [2.75, 3.05) is 12.3 Å². The molecular formula is C12H15FN2O2S. The van der Waals surface area contributed by atoms with Crippen molar-refractivity contribution in [3.05, 3.63) is 30.1 Å². The highest BCUT2D eigenvalue weighted by atomic mass is 32.2. The van der Waals surface area contributed by atoms with Crippen LogP contribution in [0.15, 0.2) is 29.2 Å². The standard InChI is InChI=1S/C12H15FN2O2S/c1-2-7-14-12(17)15-11(16)8-18-10-5-3-9(13)4-6-10/h3-6H,2,7-8H2,1H3,(H2,14,15,16,17). The third-order valence-electron chi connectivity index (χ3n) is 1.97. The molecule has 18 heavy (non-hydrogen) atoms. The third kappa shape index (κ3) is 5.67. The number of hydrogen-bond donors (Lipinski definition) is 2. The molecule has 0 aliphatic rings. The number of thioether (sulfide) groups is 1. The minimum atomic E-state index is -0.485. The van der Waals surface area contributed by atoms with Crippen molar-refractivity contribution < 1.29 is 14.0 Å². The zero-order valence-corrected chi connectivity index (χ0v) is 10.8. The van der Waals surface area contributed by atoms with Gasteiger partial charge in [0, 0.05) is 11.4 Å². The van der Waals surface area contributed by atoms with E-state index in [1.165, 1.54) is 23.9 Å². The van der Waals surface area contributed by atoms with Gasteiger partial charge in [-0.05, 0) is 30.7 Å². The van der Waals surface area contributed by atoms with Crippen molar-refractivity contribution in [3.8, 4) is 0 Å². The van der Waals surface area contributed by atoms with E-state index in [2.05, 4.69) is 10.6 Å². The molecule has 0 atom stereocenters. The zero-order chi connectivity index (χ0) is 13.4. The molecule has 0 spiro atoms.